The van der Waals surface area contributed by atoms with E-state index in [1.807, 2.05) is 27.7 Å². The van der Waals surface area contributed by atoms with Crippen molar-refractivity contribution in [3.8, 4) is 5.75 Å². The summed E-state index contributed by atoms with van der Waals surface area (Å²) in [6, 6.07) is 6.33. The average Bonchev–Trinajstić information content (AvgIpc) is 3.60. The average molecular weight is 636 g/mol. The third-order valence-electron chi connectivity index (χ3n) is 10.9. The van der Waals surface area contributed by atoms with Gasteiger partial charge in [-0.2, -0.15) is 5.11 Å². The van der Waals surface area contributed by atoms with Crippen LogP contribution in [-0.2, 0) is 9.47 Å². The second-order valence-electron chi connectivity index (χ2n) is 15.5. The summed E-state index contributed by atoms with van der Waals surface area (Å²) in [5.41, 5.74) is -0.0688. The molecule has 1 spiro atoms. The number of anilines is 1. The quantitative estimate of drug-likeness (QED) is 0.302. The van der Waals surface area contributed by atoms with E-state index in [4.69, 9.17) is 24.3 Å². The maximum atomic E-state index is 15.9. The highest BCUT2D eigenvalue weighted by Crippen LogP contribution is 2.62. The van der Waals surface area contributed by atoms with Gasteiger partial charge in [-0.15, -0.1) is 5.11 Å². The summed E-state index contributed by atoms with van der Waals surface area (Å²) in [5.74, 6) is 2.04. The number of allylic oxidation sites excluding steroid dienone is 1. The number of amidine groups is 1. The maximum absolute atomic E-state index is 15.9. The molecule has 5 unspecified atom stereocenters. The Labute approximate surface area is 272 Å². The van der Waals surface area contributed by atoms with Gasteiger partial charge in [-0.3, -0.25) is 4.99 Å². The summed E-state index contributed by atoms with van der Waals surface area (Å²) in [6.45, 7) is 13.0. The Morgan fingerprint density at radius 3 is 2.72 bits per heavy atom. The van der Waals surface area contributed by atoms with E-state index in [2.05, 4.69) is 47.7 Å². The Balaban J connectivity index is 1.18. The van der Waals surface area contributed by atoms with Crippen LogP contribution in [-0.4, -0.2) is 79.1 Å². The number of likely N-dealkylation sites (tertiary alicyclic amines) is 1. The topological polar surface area (TPSA) is 97.1 Å². The van der Waals surface area contributed by atoms with E-state index in [9.17, 15) is 4.79 Å². The van der Waals surface area contributed by atoms with Crippen molar-refractivity contribution in [3.63, 3.8) is 0 Å². The number of carbonyl (C=O) groups is 1. The number of alkyl halides is 1. The van der Waals surface area contributed by atoms with Gasteiger partial charge < -0.3 is 24.4 Å². The molecule has 9 nitrogen and oxygen atoms in total. The lowest BCUT2D eigenvalue weighted by molar-refractivity contribution is -0.0356. The van der Waals surface area contributed by atoms with Crippen molar-refractivity contribution in [3.05, 3.63) is 35.9 Å². The van der Waals surface area contributed by atoms with Crippen LogP contribution in [0, 0.1) is 23.2 Å². The zero-order chi connectivity index (χ0) is 32.3. The highest BCUT2D eigenvalue weighted by atomic mass is 19.1. The van der Waals surface area contributed by atoms with Gasteiger partial charge in [0, 0.05) is 49.5 Å². The summed E-state index contributed by atoms with van der Waals surface area (Å²) in [4.78, 5) is 19.1. The normalized spacial score (nSPS) is 34.7. The minimum absolute atomic E-state index is 0.00204. The number of nitrogens with one attached hydrogen (secondary N) is 1. The molecule has 0 radical (unpaired) electrons. The van der Waals surface area contributed by atoms with E-state index in [-0.39, 0.29) is 48.0 Å². The Morgan fingerprint density at radius 1 is 1.22 bits per heavy atom. The SMILES string of the molecule is CCOc1cc(NC2CN(C(=O)OC(C)(C)C)C2)ccc1[C@H]1C=CC23C(=NC[C@H](C)C2C1CC1(F)CC1)N=NC3C1CCCCO1. The van der Waals surface area contributed by atoms with Gasteiger partial charge in [0.15, 0.2) is 5.84 Å². The van der Waals surface area contributed by atoms with Crippen molar-refractivity contribution in [2.24, 2.45) is 38.4 Å². The number of azo groups is 1. The molecule has 10 heteroatoms. The van der Waals surface area contributed by atoms with Crippen molar-refractivity contribution in [1.82, 2.24) is 4.90 Å². The van der Waals surface area contributed by atoms with Crippen molar-refractivity contribution in [2.45, 2.75) is 109 Å². The van der Waals surface area contributed by atoms with Gasteiger partial charge in [0.25, 0.3) is 0 Å². The first-order valence-electron chi connectivity index (χ1n) is 17.5. The van der Waals surface area contributed by atoms with Crippen molar-refractivity contribution >= 4 is 17.6 Å². The number of rotatable bonds is 8. The Morgan fingerprint density at radius 2 is 2.02 bits per heavy atom. The smallest absolute Gasteiger partial charge is 0.410 e. The number of ether oxygens (including phenoxy) is 3. The Hall–Kier alpha value is -3.01. The van der Waals surface area contributed by atoms with E-state index >= 15 is 4.39 Å². The number of halogens is 1. The molecule has 1 amide bonds. The predicted octanol–water partition coefficient (Wildman–Crippen LogP) is 7.33. The van der Waals surface area contributed by atoms with Gasteiger partial charge in [-0.05, 0) is 90.0 Å². The lowest BCUT2D eigenvalue weighted by Crippen LogP contribution is -2.58. The number of nitrogens with zero attached hydrogens (tertiary/aromatic N) is 4. The highest BCUT2D eigenvalue weighted by Gasteiger charge is 2.63. The molecule has 1 aromatic rings. The van der Waals surface area contributed by atoms with Crippen LogP contribution in [0.2, 0.25) is 0 Å². The summed E-state index contributed by atoms with van der Waals surface area (Å²) in [6.07, 6.45) is 9.28. The van der Waals surface area contributed by atoms with Gasteiger partial charge in [0.05, 0.1) is 24.2 Å². The van der Waals surface area contributed by atoms with Gasteiger partial charge >= 0.3 is 6.09 Å². The van der Waals surface area contributed by atoms with E-state index < -0.39 is 16.7 Å². The molecular formula is C36H50FN5O4. The molecule has 7 rings (SSSR count). The van der Waals surface area contributed by atoms with Crippen LogP contribution in [0.3, 0.4) is 0 Å². The van der Waals surface area contributed by atoms with Crippen molar-refractivity contribution in [1.29, 1.82) is 0 Å². The predicted molar refractivity (Wildman–Crippen MR) is 176 cm³/mol. The van der Waals surface area contributed by atoms with Crippen LogP contribution in [0.5, 0.6) is 5.75 Å². The summed E-state index contributed by atoms with van der Waals surface area (Å²) < 4.78 is 34.1. The molecule has 1 saturated carbocycles. The van der Waals surface area contributed by atoms with Gasteiger partial charge in [-0.1, -0.05) is 25.1 Å². The molecule has 0 bridgehead atoms. The zero-order valence-electron chi connectivity index (χ0n) is 28.0. The first-order valence-corrected chi connectivity index (χ1v) is 17.5. The van der Waals surface area contributed by atoms with E-state index in [0.29, 0.717) is 45.5 Å². The maximum Gasteiger partial charge on any atom is 0.410 e. The van der Waals surface area contributed by atoms with Crippen molar-refractivity contribution in [2.75, 3.05) is 38.2 Å². The third kappa shape index (κ3) is 5.84. The number of hydrogen-bond acceptors (Lipinski definition) is 8. The molecule has 2 saturated heterocycles. The zero-order valence-corrected chi connectivity index (χ0v) is 28.0. The molecule has 4 heterocycles. The second kappa shape index (κ2) is 11.9. The molecule has 1 N–H and O–H groups in total. The molecule has 250 valence electrons. The second-order valence-corrected chi connectivity index (χ2v) is 15.5. The van der Waals surface area contributed by atoms with Gasteiger partial charge in [0.1, 0.15) is 23.1 Å². The standard InChI is InChI=1S/C36H50FN5O4/c1-6-44-29-17-23(39-24-20-42(21-24)33(43)46-34(3,4)5)10-11-26(29)25-12-13-36-30(27(25)18-35(37)14-15-35)22(2)19-38-32(36)41-40-31(36)28-9-7-8-16-45-28/h10-13,17,22,24-25,27-28,30-31,39H,6-9,14-16,18-21H2,1-5H3/t22-,25+,27?,28?,30?,31?,36?/m0/s1. The van der Waals surface area contributed by atoms with Crippen LogP contribution in [0.1, 0.15) is 84.6 Å². The molecule has 4 aliphatic heterocycles. The minimum atomic E-state index is -1.12. The lowest BCUT2D eigenvalue weighted by atomic mass is 9.51. The number of hydrogen-bond donors (Lipinski definition) is 1. The number of aliphatic imine (C=N–C) groups is 1. The number of benzene rings is 1. The lowest BCUT2D eigenvalue weighted by Gasteiger charge is -2.53. The van der Waals surface area contributed by atoms with Crippen molar-refractivity contribution < 1.29 is 23.4 Å². The molecule has 3 fully saturated rings. The number of carbonyl (C=O) groups excluding carboxylic acids is 1. The molecular weight excluding hydrogens is 585 g/mol. The third-order valence-corrected chi connectivity index (χ3v) is 10.9. The highest BCUT2D eigenvalue weighted by molar-refractivity contribution is 5.94. The van der Waals surface area contributed by atoms with E-state index in [0.717, 1.165) is 48.7 Å². The van der Waals surface area contributed by atoms with Crippen LogP contribution in [0.25, 0.3) is 0 Å². The molecule has 0 aromatic heterocycles. The first-order chi connectivity index (χ1) is 22.0. The van der Waals surface area contributed by atoms with Gasteiger partial charge in [0.2, 0.25) is 0 Å². The Bertz CT molecular complexity index is 1410. The largest absolute Gasteiger partial charge is 0.493 e. The van der Waals surface area contributed by atoms with Crippen LogP contribution < -0.4 is 10.1 Å². The van der Waals surface area contributed by atoms with Gasteiger partial charge in [-0.25, -0.2) is 9.18 Å². The summed E-state index contributed by atoms with van der Waals surface area (Å²) >= 11 is 0. The fraction of sp³-hybridized carbons (Fsp3) is 0.722. The van der Waals surface area contributed by atoms with E-state index in [1.165, 1.54) is 0 Å². The molecule has 7 atom stereocenters. The summed E-state index contributed by atoms with van der Waals surface area (Å²) in [7, 11) is 0. The molecule has 46 heavy (non-hydrogen) atoms. The minimum Gasteiger partial charge on any atom is -0.493 e. The van der Waals surface area contributed by atoms with E-state index in [1.54, 1.807) is 4.90 Å². The first kappa shape index (κ1) is 31.6. The molecule has 6 aliphatic rings. The van der Waals surface area contributed by atoms with Crippen LogP contribution in [0.15, 0.2) is 45.6 Å². The fourth-order valence-corrected chi connectivity index (χ4v) is 8.66. The summed E-state index contributed by atoms with van der Waals surface area (Å²) in [5, 5.41) is 13.1. The molecule has 1 aromatic carbocycles. The fourth-order valence-electron chi connectivity index (χ4n) is 8.66. The Kier molecular flexibility index (Phi) is 8.17. The molecule has 2 aliphatic carbocycles. The van der Waals surface area contributed by atoms with Crippen LogP contribution >= 0.6 is 0 Å². The monoisotopic (exact) mass is 635 g/mol. The number of amides is 1. The van der Waals surface area contributed by atoms with Crippen LogP contribution in [0.4, 0.5) is 14.9 Å².